The molecule has 1 fully saturated rings. The lowest BCUT2D eigenvalue weighted by molar-refractivity contribution is -0.127. The Kier molecular flexibility index (Phi) is 3.87. The summed E-state index contributed by atoms with van der Waals surface area (Å²) in [6.45, 7) is 6.90. The highest BCUT2D eigenvalue weighted by Gasteiger charge is 2.23. The molecule has 1 atom stereocenters. The minimum absolute atomic E-state index is 0.0664. The number of likely N-dealkylation sites (tertiary alicyclic amines) is 1. The molecule has 2 N–H and O–H groups in total. The van der Waals surface area contributed by atoms with E-state index < -0.39 is 0 Å². The third-order valence-electron chi connectivity index (χ3n) is 3.40. The zero-order valence-corrected chi connectivity index (χ0v) is 11.6. The van der Waals surface area contributed by atoms with Gasteiger partial charge in [-0.15, -0.1) is 0 Å². The zero-order valence-electron chi connectivity index (χ0n) is 11.6. The standard InChI is InChI=1S/C13H20N4O2/c1-8(7-17-6-4-5-11(17)18)14-13(19)12-9(2)15-16-10(12)3/h8H,4-7H2,1-3H3,(H,14,19)(H,15,16). The maximum atomic E-state index is 12.1. The van der Waals surface area contributed by atoms with Crippen LogP contribution in [0.1, 0.15) is 41.5 Å². The van der Waals surface area contributed by atoms with Crippen LogP contribution < -0.4 is 5.32 Å². The normalized spacial score (nSPS) is 16.8. The molecule has 1 aromatic rings. The average Bonchev–Trinajstić information content (AvgIpc) is 2.86. The summed E-state index contributed by atoms with van der Waals surface area (Å²) in [6.07, 6.45) is 1.54. The van der Waals surface area contributed by atoms with E-state index in [0.717, 1.165) is 18.7 Å². The summed E-state index contributed by atoms with van der Waals surface area (Å²) in [7, 11) is 0. The number of carbonyl (C=O) groups excluding carboxylic acids is 2. The fraction of sp³-hybridized carbons (Fsp3) is 0.615. The Labute approximate surface area is 112 Å². The molecule has 0 radical (unpaired) electrons. The Morgan fingerprint density at radius 3 is 2.79 bits per heavy atom. The van der Waals surface area contributed by atoms with Crippen LogP contribution in [0.25, 0.3) is 0 Å². The summed E-state index contributed by atoms with van der Waals surface area (Å²) in [5.41, 5.74) is 2.05. The van der Waals surface area contributed by atoms with Crippen molar-refractivity contribution < 1.29 is 9.59 Å². The van der Waals surface area contributed by atoms with Gasteiger partial charge in [-0.1, -0.05) is 0 Å². The van der Waals surface area contributed by atoms with Crippen molar-refractivity contribution in [1.29, 1.82) is 0 Å². The van der Waals surface area contributed by atoms with Gasteiger partial charge >= 0.3 is 0 Å². The zero-order chi connectivity index (χ0) is 14.0. The first kappa shape index (κ1) is 13.6. The van der Waals surface area contributed by atoms with Gasteiger partial charge < -0.3 is 10.2 Å². The van der Waals surface area contributed by atoms with Crippen LogP contribution in [0.5, 0.6) is 0 Å². The molecule has 2 amide bonds. The first-order valence-electron chi connectivity index (χ1n) is 6.59. The highest BCUT2D eigenvalue weighted by atomic mass is 16.2. The van der Waals surface area contributed by atoms with Crippen molar-refractivity contribution in [3.8, 4) is 0 Å². The van der Waals surface area contributed by atoms with Crippen molar-refractivity contribution in [2.45, 2.75) is 39.7 Å². The van der Waals surface area contributed by atoms with Crippen molar-refractivity contribution >= 4 is 11.8 Å². The predicted molar refractivity (Wildman–Crippen MR) is 70.8 cm³/mol. The summed E-state index contributed by atoms with van der Waals surface area (Å²) in [5, 5.41) is 9.72. The fourth-order valence-corrected chi connectivity index (χ4v) is 2.45. The molecule has 2 heterocycles. The molecule has 1 saturated heterocycles. The van der Waals surface area contributed by atoms with E-state index in [0.29, 0.717) is 24.2 Å². The van der Waals surface area contributed by atoms with Gasteiger partial charge in [0.2, 0.25) is 5.91 Å². The molecule has 1 aliphatic rings. The molecule has 0 spiro atoms. The third-order valence-corrected chi connectivity index (χ3v) is 3.40. The number of rotatable bonds is 4. The number of amides is 2. The second-order valence-electron chi connectivity index (χ2n) is 5.13. The topological polar surface area (TPSA) is 78.1 Å². The van der Waals surface area contributed by atoms with Gasteiger partial charge in [0.25, 0.3) is 5.91 Å². The number of H-pyrrole nitrogens is 1. The summed E-state index contributed by atoms with van der Waals surface area (Å²) in [4.78, 5) is 25.5. The molecule has 0 bridgehead atoms. The van der Waals surface area contributed by atoms with Crippen LogP contribution in [-0.2, 0) is 4.79 Å². The Hall–Kier alpha value is -1.85. The van der Waals surface area contributed by atoms with E-state index in [1.807, 2.05) is 13.8 Å². The number of carbonyl (C=O) groups is 2. The lowest BCUT2D eigenvalue weighted by Gasteiger charge is -2.21. The van der Waals surface area contributed by atoms with Gasteiger partial charge in [-0.05, 0) is 27.2 Å². The molecule has 104 valence electrons. The summed E-state index contributed by atoms with van der Waals surface area (Å²) in [5.74, 6) is 0.0414. The lowest BCUT2D eigenvalue weighted by Crippen LogP contribution is -2.42. The number of nitrogens with one attached hydrogen (secondary N) is 2. The highest BCUT2D eigenvalue weighted by molar-refractivity contribution is 5.96. The van der Waals surface area contributed by atoms with Crippen molar-refractivity contribution in [3.63, 3.8) is 0 Å². The molecule has 0 saturated carbocycles. The second-order valence-corrected chi connectivity index (χ2v) is 5.13. The number of hydrogen-bond donors (Lipinski definition) is 2. The lowest BCUT2D eigenvalue weighted by atomic mass is 10.1. The van der Waals surface area contributed by atoms with Crippen LogP contribution >= 0.6 is 0 Å². The number of aromatic amines is 1. The molecule has 6 nitrogen and oxygen atoms in total. The van der Waals surface area contributed by atoms with E-state index in [4.69, 9.17) is 0 Å². The SMILES string of the molecule is Cc1n[nH]c(C)c1C(=O)NC(C)CN1CCCC1=O. The molecule has 1 unspecified atom stereocenters. The molecular weight excluding hydrogens is 244 g/mol. The molecule has 0 aromatic carbocycles. The quantitative estimate of drug-likeness (QED) is 0.843. The maximum absolute atomic E-state index is 12.1. The monoisotopic (exact) mass is 264 g/mol. The number of aryl methyl sites for hydroxylation is 2. The number of aromatic nitrogens is 2. The van der Waals surface area contributed by atoms with Crippen LogP contribution in [0.4, 0.5) is 0 Å². The van der Waals surface area contributed by atoms with Crippen molar-refractivity contribution in [2.75, 3.05) is 13.1 Å². The molecule has 1 aromatic heterocycles. The molecule has 0 aliphatic carbocycles. The smallest absolute Gasteiger partial charge is 0.255 e. The van der Waals surface area contributed by atoms with Crippen LogP contribution in [0.2, 0.25) is 0 Å². The Morgan fingerprint density at radius 1 is 1.53 bits per heavy atom. The van der Waals surface area contributed by atoms with Crippen molar-refractivity contribution in [3.05, 3.63) is 17.0 Å². The minimum atomic E-state index is -0.136. The van der Waals surface area contributed by atoms with Gasteiger partial charge in [-0.2, -0.15) is 5.10 Å². The van der Waals surface area contributed by atoms with E-state index >= 15 is 0 Å². The Bertz CT molecular complexity index is 475. The fourth-order valence-electron chi connectivity index (χ4n) is 2.45. The van der Waals surface area contributed by atoms with Crippen molar-refractivity contribution in [1.82, 2.24) is 20.4 Å². The van der Waals surface area contributed by atoms with Crippen LogP contribution in [0.3, 0.4) is 0 Å². The van der Waals surface area contributed by atoms with Crippen LogP contribution in [0.15, 0.2) is 0 Å². The molecule has 2 rings (SSSR count). The van der Waals surface area contributed by atoms with E-state index in [-0.39, 0.29) is 17.9 Å². The van der Waals surface area contributed by atoms with Crippen molar-refractivity contribution in [2.24, 2.45) is 0 Å². The van der Waals surface area contributed by atoms with Gasteiger partial charge in [0.1, 0.15) is 0 Å². The molecular formula is C13H20N4O2. The molecule has 1 aliphatic heterocycles. The van der Waals surface area contributed by atoms with Crippen LogP contribution in [-0.4, -0.2) is 46.0 Å². The second kappa shape index (κ2) is 5.42. The van der Waals surface area contributed by atoms with Crippen LogP contribution in [0, 0.1) is 13.8 Å². The van der Waals surface area contributed by atoms with E-state index in [1.54, 1.807) is 11.8 Å². The van der Waals surface area contributed by atoms with Gasteiger partial charge in [0.15, 0.2) is 0 Å². The van der Waals surface area contributed by atoms with E-state index in [1.165, 1.54) is 0 Å². The third kappa shape index (κ3) is 2.94. The van der Waals surface area contributed by atoms with Gasteiger partial charge in [-0.3, -0.25) is 14.7 Å². The Morgan fingerprint density at radius 2 is 2.26 bits per heavy atom. The van der Waals surface area contributed by atoms with Gasteiger partial charge in [0.05, 0.1) is 11.3 Å². The number of hydrogen-bond acceptors (Lipinski definition) is 3. The van der Waals surface area contributed by atoms with Gasteiger partial charge in [-0.25, -0.2) is 0 Å². The summed E-state index contributed by atoms with van der Waals surface area (Å²) < 4.78 is 0. The Balaban J connectivity index is 1.93. The number of nitrogens with zero attached hydrogens (tertiary/aromatic N) is 2. The summed E-state index contributed by atoms with van der Waals surface area (Å²) >= 11 is 0. The summed E-state index contributed by atoms with van der Waals surface area (Å²) in [6, 6.07) is -0.0664. The largest absolute Gasteiger partial charge is 0.348 e. The minimum Gasteiger partial charge on any atom is -0.348 e. The average molecular weight is 264 g/mol. The first-order chi connectivity index (χ1) is 8.99. The predicted octanol–water partition coefficient (Wildman–Crippen LogP) is 0.767. The molecule has 6 heteroatoms. The highest BCUT2D eigenvalue weighted by Crippen LogP contribution is 2.11. The first-order valence-corrected chi connectivity index (χ1v) is 6.59. The molecule has 19 heavy (non-hydrogen) atoms. The maximum Gasteiger partial charge on any atom is 0.255 e. The van der Waals surface area contributed by atoms with Gasteiger partial charge in [0, 0.05) is 31.2 Å². The van der Waals surface area contributed by atoms with E-state index in [2.05, 4.69) is 15.5 Å². The van der Waals surface area contributed by atoms with E-state index in [9.17, 15) is 9.59 Å².